The van der Waals surface area contributed by atoms with Gasteiger partial charge in [0.05, 0.1) is 5.54 Å². The molecule has 1 unspecified atom stereocenters. The Balaban J connectivity index is 1.89. The monoisotopic (exact) mass is 345 g/mol. The standard InChI is InChI=1S/C19H27N3O3/c1-18(2,3)25-17(24)21-11-7-10-19(13-21)12-14-8-5-6-9-15(14)22(19)16(23)20-4/h5-6,8-9H,7,10-13H2,1-4H3,(H,20,23). The molecule has 1 fully saturated rings. The number of carbonyl (C=O) groups is 2. The van der Waals surface area contributed by atoms with E-state index in [1.807, 2.05) is 43.9 Å². The third-order valence-corrected chi connectivity index (χ3v) is 4.85. The molecule has 1 spiro atoms. The fraction of sp³-hybridized carbons (Fsp3) is 0.579. The van der Waals surface area contributed by atoms with Gasteiger partial charge in [-0.2, -0.15) is 0 Å². The molecule has 1 aromatic rings. The van der Waals surface area contributed by atoms with Crippen LogP contribution in [0.5, 0.6) is 0 Å². The van der Waals surface area contributed by atoms with E-state index in [9.17, 15) is 9.59 Å². The Morgan fingerprint density at radius 1 is 1.24 bits per heavy atom. The lowest BCUT2D eigenvalue weighted by molar-refractivity contribution is 0.0144. The van der Waals surface area contributed by atoms with Gasteiger partial charge in [-0.1, -0.05) is 18.2 Å². The van der Waals surface area contributed by atoms with Gasteiger partial charge in [0.15, 0.2) is 0 Å². The van der Waals surface area contributed by atoms with Crippen molar-refractivity contribution in [2.45, 2.75) is 51.2 Å². The molecule has 25 heavy (non-hydrogen) atoms. The van der Waals surface area contributed by atoms with Crippen LogP contribution < -0.4 is 10.2 Å². The van der Waals surface area contributed by atoms with Gasteiger partial charge < -0.3 is 15.0 Å². The smallest absolute Gasteiger partial charge is 0.410 e. The van der Waals surface area contributed by atoms with Crippen molar-refractivity contribution < 1.29 is 14.3 Å². The lowest BCUT2D eigenvalue weighted by Crippen LogP contribution is -2.62. The summed E-state index contributed by atoms with van der Waals surface area (Å²) in [7, 11) is 1.64. The van der Waals surface area contributed by atoms with Crippen LogP contribution >= 0.6 is 0 Å². The summed E-state index contributed by atoms with van der Waals surface area (Å²) in [6, 6.07) is 7.85. The number of fused-ring (bicyclic) bond motifs is 1. The van der Waals surface area contributed by atoms with Crippen molar-refractivity contribution >= 4 is 17.8 Å². The maximum atomic E-state index is 12.6. The van der Waals surface area contributed by atoms with Crippen LogP contribution in [-0.2, 0) is 11.2 Å². The van der Waals surface area contributed by atoms with E-state index in [4.69, 9.17) is 4.74 Å². The lowest BCUT2D eigenvalue weighted by atomic mass is 9.85. The van der Waals surface area contributed by atoms with Gasteiger partial charge in [0.2, 0.25) is 0 Å². The normalized spacial score (nSPS) is 22.7. The van der Waals surface area contributed by atoms with Gasteiger partial charge >= 0.3 is 12.1 Å². The molecule has 6 nitrogen and oxygen atoms in total. The molecular weight excluding hydrogens is 318 g/mol. The van der Waals surface area contributed by atoms with Crippen LogP contribution in [-0.4, -0.2) is 48.3 Å². The van der Waals surface area contributed by atoms with E-state index in [1.165, 1.54) is 0 Å². The molecule has 2 aliphatic rings. The summed E-state index contributed by atoms with van der Waals surface area (Å²) < 4.78 is 5.55. The highest BCUT2D eigenvalue weighted by Gasteiger charge is 2.50. The molecule has 3 amide bonds. The molecule has 0 aromatic heterocycles. The number of hydrogen-bond acceptors (Lipinski definition) is 3. The molecule has 0 bridgehead atoms. The lowest BCUT2D eigenvalue weighted by Gasteiger charge is -2.45. The molecule has 2 heterocycles. The first-order valence-electron chi connectivity index (χ1n) is 8.83. The predicted octanol–water partition coefficient (Wildman–Crippen LogP) is 3.16. The Labute approximate surface area is 149 Å². The van der Waals surface area contributed by atoms with Gasteiger partial charge in [-0.3, -0.25) is 4.90 Å². The Kier molecular flexibility index (Phi) is 4.39. The second-order valence-corrected chi connectivity index (χ2v) is 7.93. The van der Waals surface area contributed by atoms with Crippen LogP contribution in [0, 0.1) is 0 Å². The number of urea groups is 1. The molecule has 2 aliphatic heterocycles. The summed E-state index contributed by atoms with van der Waals surface area (Å²) >= 11 is 0. The molecule has 1 saturated heterocycles. The summed E-state index contributed by atoms with van der Waals surface area (Å²) in [5.41, 5.74) is 1.16. The van der Waals surface area contributed by atoms with E-state index < -0.39 is 11.1 Å². The summed E-state index contributed by atoms with van der Waals surface area (Å²) in [6.07, 6.45) is 2.17. The Morgan fingerprint density at radius 3 is 2.64 bits per heavy atom. The van der Waals surface area contributed by atoms with E-state index in [1.54, 1.807) is 11.9 Å². The molecule has 1 atom stereocenters. The number of piperidine rings is 1. The van der Waals surface area contributed by atoms with Crippen molar-refractivity contribution in [1.82, 2.24) is 10.2 Å². The third kappa shape index (κ3) is 3.30. The van der Waals surface area contributed by atoms with Crippen LogP contribution in [0.3, 0.4) is 0 Å². The molecule has 6 heteroatoms. The van der Waals surface area contributed by atoms with Gasteiger partial charge in [0.25, 0.3) is 0 Å². The number of carbonyl (C=O) groups excluding carboxylic acids is 2. The molecule has 136 valence electrons. The number of para-hydroxylation sites is 1. The highest BCUT2D eigenvalue weighted by Crippen LogP contribution is 2.43. The van der Waals surface area contributed by atoms with E-state index in [-0.39, 0.29) is 12.1 Å². The van der Waals surface area contributed by atoms with E-state index in [0.29, 0.717) is 13.1 Å². The minimum atomic E-state index is -0.527. The second kappa shape index (κ2) is 6.24. The first kappa shape index (κ1) is 17.6. The average molecular weight is 345 g/mol. The highest BCUT2D eigenvalue weighted by molar-refractivity contribution is 5.96. The fourth-order valence-corrected chi connectivity index (χ4v) is 3.93. The summed E-state index contributed by atoms with van der Waals surface area (Å²) in [6.45, 7) is 6.76. The topological polar surface area (TPSA) is 61.9 Å². The summed E-state index contributed by atoms with van der Waals surface area (Å²) in [4.78, 5) is 28.8. The minimum absolute atomic E-state index is 0.129. The molecule has 0 radical (unpaired) electrons. The van der Waals surface area contributed by atoms with Crippen molar-refractivity contribution in [3.8, 4) is 0 Å². The number of hydrogen-bond donors (Lipinski definition) is 1. The number of amides is 3. The number of ether oxygens (including phenoxy) is 1. The maximum Gasteiger partial charge on any atom is 0.410 e. The molecule has 0 aliphatic carbocycles. The molecule has 1 aromatic carbocycles. The minimum Gasteiger partial charge on any atom is -0.444 e. The van der Waals surface area contributed by atoms with E-state index in [0.717, 1.165) is 30.5 Å². The molecule has 1 N–H and O–H groups in total. The van der Waals surface area contributed by atoms with Crippen molar-refractivity contribution in [3.63, 3.8) is 0 Å². The SMILES string of the molecule is CNC(=O)N1c2ccccc2CC12CCCN(C(=O)OC(C)(C)C)C2. The highest BCUT2D eigenvalue weighted by atomic mass is 16.6. The van der Waals surface area contributed by atoms with Gasteiger partial charge in [-0.05, 0) is 51.7 Å². The number of likely N-dealkylation sites (tertiary alicyclic amines) is 1. The maximum absolute atomic E-state index is 12.6. The van der Waals surface area contributed by atoms with Crippen LogP contribution in [0.25, 0.3) is 0 Å². The number of anilines is 1. The zero-order valence-corrected chi connectivity index (χ0v) is 15.5. The first-order valence-corrected chi connectivity index (χ1v) is 8.83. The zero-order chi connectivity index (χ0) is 18.2. The summed E-state index contributed by atoms with van der Waals surface area (Å²) in [5, 5.41) is 2.75. The van der Waals surface area contributed by atoms with Gasteiger partial charge in [0, 0.05) is 25.8 Å². The van der Waals surface area contributed by atoms with E-state index in [2.05, 4.69) is 11.4 Å². The zero-order valence-electron chi connectivity index (χ0n) is 15.5. The quantitative estimate of drug-likeness (QED) is 0.786. The molecule has 3 rings (SSSR count). The van der Waals surface area contributed by atoms with Crippen LogP contribution in [0.1, 0.15) is 39.2 Å². The summed E-state index contributed by atoms with van der Waals surface area (Å²) in [5.74, 6) is 0. The van der Waals surface area contributed by atoms with Crippen LogP contribution in [0.4, 0.5) is 15.3 Å². The largest absolute Gasteiger partial charge is 0.444 e. The van der Waals surface area contributed by atoms with Gasteiger partial charge in [0.1, 0.15) is 5.60 Å². The Bertz CT molecular complexity index is 683. The van der Waals surface area contributed by atoms with Crippen molar-refractivity contribution in [2.24, 2.45) is 0 Å². The van der Waals surface area contributed by atoms with Crippen molar-refractivity contribution in [1.29, 1.82) is 0 Å². The first-order chi connectivity index (χ1) is 11.8. The number of nitrogens with one attached hydrogen (secondary N) is 1. The molecular formula is C19H27N3O3. The number of benzene rings is 1. The number of nitrogens with zero attached hydrogens (tertiary/aromatic N) is 2. The van der Waals surface area contributed by atoms with Crippen molar-refractivity contribution in [3.05, 3.63) is 29.8 Å². The third-order valence-electron chi connectivity index (χ3n) is 4.85. The van der Waals surface area contributed by atoms with E-state index >= 15 is 0 Å². The fourth-order valence-electron chi connectivity index (χ4n) is 3.93. The van der Waals surface area contributed by atoms with Crippen molar-refractivity contribution in [2.75, 3.05) is 25.0 Å². The van der Waals surface area contributed by atoms with Crippen LogP contribution in [0.2, 0.25) is 0 Å². The van der Waals surface area contributed by atoms with Gasteiger partial charge in [-0.25, -0.2) is 9.59 Å². The van der Waals surface area contributed by atoms with Crippen LogP contribution in [0.15, 0.2) is 24.3 Å². The average Bonchev–Trinajstić information content (AvgIpc) is 2.85. The predicted molar refractivity (Wildman–Crippen MR) is 96.9 cm³/mol. The van der Waals surface area contributed by atoms with Gasteiger partial charge in [-0.15, -0.1) is 0 Å². The Morgan fingerprint density at radius 2 is 1.96 bits per heavy atom. The second-order valence-electron chi connectivity index (χ2n) is 7.93. The Hall–Kier alpha value is -2.24. The number of rotatable bonds is 0. The molecule has 0 saturated carbocycles.